The maximum atomic E-state index is 12.0. The number of amides is 1. The largest absolute Gasteiger partial charge is 0.481 e. The standard InChI is InChI=1S/C11H16N2O6S/c1-6(14)19-4-10(9(16)17)3-13-7(15)11(12,18-2)8(13)20-5-10/h8H,3-5,12H2,1-2H3,(H,16,17)/t8-,10?,11?/m1/s1. The highest BCUT2D eigenvalue weighted by molar-refractivity contribution is 8.00. The lowest BCUT2D eigenvalue weighted by Gasteiger charge is -2.57. The third kappa shape index (κ3) is 2.05. The Morgan fingerprint density at radius 1 is 1.60 bits per heavy atom. The van der Waals surface area contributed by atoms with Gasteiger partial charge in [0, 0.05) is 26.3 Å². The van der Waals surface area contributed by atoms with Crippen LogP contribution in [0.25, 0.3) is 0 Å². The van der Waals surface area contributed by atoms with Gasteiger partial charge in [-0.3, -0.25) is 20.1 Å². The van der Waals surface area contributed by atoms with Gasteiger partial charge >= 0.3 is 11.9 Å². The molecule has 8 nitrogen and oxygen atoms in total. The molecular weight excluding hydrogens is 288 g/mol. The number of nitrogens with two attached hydrogens (primary N) is 1. The monoisotopic (exact) mass is 304 g/mol. The number of thioether (sulfide) groups is 1. The number of rotatable bonds is 4. The van der Waals surface area contributed by atoms with Gasteiger partial charge in [-0.2, -0.15) is 0 Å². The first-order valence-corrected chi connectivity index (χ1v) is 6.95. The second-order valence-corrected chi connectivity index (χ2v) is 6.03. The van der Waals surface area contributed by atoms with Crippen LogP contribution in [0.5, 0.6) is 0 Å². The third-order valence-corrected chi connectivity index (χ3v) is 5.22. The summed E-state index contributed by atoms with van der Waals surface area (Å²) >= 11 is 1.22. The number of hydrogen-bond acceptors (Lipinski definition) is 7. The average Bonchev–Trinajstić information content (AvgIpc) is 2.43. The van der Waals surface area contributed by atoms with Crippen molar-refractivity contribution in [3.63, 3.8) is 0 Å². The number of carboxylic acids is 1. The first kappa shape index (κ1) is 15.1. The summed E-state index contributed by atoms with van der Waals surface area (Å²) in [6.07, 6.45) is 0. The summed E-state index contributed by atoms with van der Waals surface area (Å²) in [7, 11) is 1.34. The zero-order valence-corrected chi connectivity index (χ0v) is 11.9. The van der Waals surface area contributed by atoms with Crippen molar-refractivity contribution in [2.75, 3.05) is 26.0 Å². The smallest absolute Gasteiger partial charge is 0.315 e. The molecule has 0 bridgehead atoms. The fourth-order valence-electron chi connectivity index (χ4n) is 2.29. The molecule has 0 spiro atoms. The summed E-state index contributed by atoms with van der Waals surface area (Å²) in [5, 5.41) is 8.99. The number of carboxylic acid groups (broad SMARTS) is 1. The van der Waals surface area contributed by atoms with Gasteiger partial charge in [0.25, 0.3) is 5.91 Å². The van der Waals surface area contributed by atoms with Gasteiger partial charge in [-0.15, -0.1) is 11.8 Å². The van der Waals surface area contributed by atoms with Crippen LogP contribution >= 0.6 is 11.8 Å². The Balaban J connectivity index is 2.15. The molecule has 0 saturated carbocycles. The topological polar surface area (TPSA) is 119 Å². The molecule has 20 heavy (non-hydrogen) atoms. The van der Waals surface area contributed by atoms with Gasteiger partial charge in [-0.25, -0.2) is 0 Å². The molecule has 2 unspecified atom stereocenters. The predicted molar refractivity (Wildman–Crippen MR) is 68.6 cm³/mol. The highest BCUT2D eigenvalue weighted by Gasteiger charge is 2.65. The molecule has 0 aromatic rings. The van der Waals surface area contributed by atoms with Crippen molar-refractivity contribution in [1.82, 2.24) is 4.90 Å². The van der Waals surface area contributed by atoms with E-state index in [1.807, 2.05) is 0 Å². The third-order valence-electron chi connectivity index (χ3n) is 3.58. The van der Waals surface area contributed by atoms with Crippen molar-refractivity contribution in [1.29, 1.82) is 0 Å². The van der Waals surface area contributed by atoms with Crippen LogP contribution in [0.3, 0.4) is 0 Å². The Labute approximate surface area is 119 Å². The minimum atomic E-state index is -1.39. The number of aliphatic carboxylic acids is 1. The lowest BCUT2D eigenvalue weighted by atomic mass is 9.87. The van der Waals surface area contributed by atoms with E-state index in [0.717, 1.165) is 0 Å². The first-order valence-electron chi connectivity index (χ1n) is 5.90. The van der Waals surface area contributed by atoms with Crippen molar-refractivity contribution < 1.29 is 29.0 Å². The molecule has 0 radical (unpaired) electrons. The molecule has 112 valence electrons. The highest BCUT2D eigenvalue weighted by Crippen LogP contribution is 2.46. The van der Waals surface area contributed by atoms with Crippen molar-refractivity contribution in [3.8, 4) is 0 Å². The van der Waals surface area contributed by atoms with Crippen LogP contribution in [0.15, 0.2) is 0 Å². The Hall–Kier alpha value is -1.32. The van der Waals surface area contributed by atoms with E-state index in [1.54, 1.807) is 0 Å². The molecule has 9 heteroatoms. The summed E-state index contributed by atoms with van der Waals surface area (Å²) in [4.78, 5) is 35.7. The number of carbonyl (C=O) groups excluding carboxylic acids is 2. The van der Waals surface area contributed by atoms with Crippen molar-refractivity contribution >= 4 is 29.6 Å². The van der Waals surface area contributed by atoms with E-state index in [4.69, 9.17) is 15.2 Å². The molecule has 0 aromatic heterocycles. The summed E-state index contributed by atoms with van der Waals surface area (Å²) in [5.41, 5.74) is 3.12. The average molecular weight is 304 g/mol. The molecule has 2 aliphatic rings. The molecule has 0 aromatic carbocycles. The van der Waals surface area contributed by atoms with E-state index in [0.29, 0.717) is 0 Å². The molecule has 1 amide bonds. The van der Waals surface area contributed by atoms with Crippen LogP contribution in [-0.4, -0.2) is 65.0 Å². The van der Waals surface area contributed by atoms with Crippen LogP contribution in [0.1, 0.15) is 6.92 Å². The van der Waals surface area contributed by atoms with E-state index >= 15 is 0 Å². The summed E-state index contributed by atoms with van der Waals surface area (Å²) in [5.74, 6) is -1.93. The molecule has 2 rings (SSSR count). The molecule has 3 atom stereocenters. The number of methoxy groups -OCH3 is 1. The van der Waals surface area contributed by atoms with Gasteiger partial charge in [0.2, 0.25) is 5.72 Å². The lowest BCUT2D eigenvalue weighted by molar-refractivity contribution is -0.193. The molecule has 2 heterocycles. The van der Waals surface area contributed by atoms with Gasteiger partial charge in [0.15, 0.2) is 0 Å². The minimum absolute atomic E-state index is 0.0472. The Morgan fingerprint density at radius 3 is 2.75 bits per heavy atom. The lowest BCUT2D eigenvalue weighted by Crippen LogP contribution is -2.81. The number of esters is 1. The zero-order valence-electron chi connectivity index (χ0n) is 11.1. The van der Waals surface area contributed by atoms with E-state index < -0.39 is 34.4 Å². The van der Waals surface area contributed by atoms with Gasteiger partial charge in [-0.1, -0.05) is 0 Å². The van der Waals surface area contributed by atoms with Crippen molar-refractivity contribution in [2.45, 2.75) is 18.0 Å². The molecule has 2 saturated heterocycles. The molecule has 2 fully saturated rings. The van der Waals surface area contributed by atoms with Crippen molar-refractivity contribution in [3.05, 3.63) is 0 Å². The number of nitrogens with zero attached hydrogens (tertiary/aromatic N) is 1. The molecule has 3 N–H and O–H groups in total. The SMILES string of the molecule is COC1(N)C(=O)N2CC(COC(C)=O)(C(=O)O)CS[C@@H]21. The van der Waals surface area contributed by atoms with Crippen LogP contribution in [-0.2, 0) is 23.9 Å². The van der Waals surface area contributed by atoms with E-state index in [-0.39, 0.29) is 18.9 Å². The molecule has 2 aliphatic heterocycles. The number of β-lactam (4-membered cyclic amide) rings is 1. The van der Waals surface area contributed by atoms with Crippen LogP contribution in [0.4, 0.5) is 0 Å². The quantitative estimate of drug-likeness (QED) is 0.379. The second-order valence-electron chi connectivity index (χ2n) is 4.96. The second kappa shape index (κ2) is 4.90. The van der Waals surface area contributed by atoms with Gasteiger partial charge in [0.05, 0.1) is 0 Å². The van der Waals surface area contributed by atoms with Gasteiger partial charge < -0.3 is 19.5 Å². The number of fused-ring (bicyclic) bond motifs is 1. The minimum Gasteiger partial charge on any atom is -0.481 e. The summed E-state index contributed by atoms with van der Waals surface area (Å²) in [6.45, 7) is 0.888. The fraction of sp³-hybridized carbons (Fsp3) is 0.727. The first-order chi connectivity index (χ1) is 9.27. The summed E-state index contributed by atoms with van der Waals surface area (Å²) in [6, 6.07) is 0. The van der Waals surface area contributed by atoms with E-state index in [2.05, 4.69) is 0 Å². The molecular formula is C11H16N2O6S. The van der Waals surface area contributed by atoms with Crippen LogP contribution in [0.2, 0.25) is 0 Å². The number of carbonyl (C=O) groups is 3. The van der Waals surface area contributed by atoms with E-state index in [1.165, 1.54) is 30.7 Å². The van der Waals surface area contributed by atoms with Gasteiger partial charge in [0.1, 0.15) is 17.4 Å². The summed E-state index contributed by atoms with van der Waals surface area (Å²) < 4.78 is 9.85. The maximum Gasteiger partial charge on any atom is 0.315 e. The zero-order chi connectivity index (χ0) is 15.1. The van der Waals surface area contributed by atoms with E-state index in [9.17, 15) is 19.5 Å². The van der Waals surface area contributed by atoms with Crippen LogP contribution < -0.4 is 5.73 Å². The normalized spacial score (nSPS) is 36.0. The Kier molecular flexibility index (Phi) is 3.69. The Morgan fingerprint density at radius 2 is 2.25 bits per heavy atom. The fourth-order valence-corrected chi connectivity index (χ4v) is 3.86. The highest BCUT2D eigenvalue weighted by atomic mass is 32.2. The Bertz CT molecular complexity index is 472. The van der Waals surface area contributed by atoms with Crippen molar-refractivity contribution in [2.24, 2.45) is 11.1 Å². The van der Waals surface area contributed by atoms with Crippen LogP contribution in [0, 0.1) is 5.41 Å². The number of hydrogen-bond donors (Lipinski definition) is 2. The molecule has 0 aliphatic carbocycles. The number of ether oxygens (including phenoxy) is 2. The van der Waals surface area contributed by atoms with Gasteiger partial charge in [-0.05, 0) is 0 Å². The predicted octanol–water partition coefficient (Wildman–Crippen LogP) is -1.16. The maximum absolute atomic E-state index is 12.0.